The number of aromatic nitrogens is 3. The lowest BCUT2D eigenvalue weighted by molar-refractivity contribution is -0.131. The van der Waals surface area contributed by atoms with Gasteiger partial charge in [-0.1, -0.05) is 19.9 Å². The fourth-order valence-corrected chi connectivity index (χ4v) is 4.50. The predicted molar refractivity (Wildman–Crippen MR) is 129 cm³/mol. The van der Waals surface area contributed by atoms with Crippen LogP contribution in [0.4, 0.5) is 18.9 Å². The zero-order valence-corrected chi connectivity index (χ0v) is 20.3. The van der Waals surface area contributed by atoms with Gasteiger partial charge in [-0.3, -0.25) is 4.79 Å². The van der Waals surface area contributed by atoms with Gasteiger partial charge in [0.15, 0.2) is 5.65 Å². The lowest BCUT2D eigenvalue weighted by atomic mass is 10.0. The summed E-state index contributed by atoms with van der Waals surface area (Å²) in [5.41, 5.74) is 8.91. The number of carbonyl (C=O) groups excluding carboxylic acids is 1. The highest BCUT2D eigenvalue weighted by molar-refractivity contribution is 7.99. The van der Waals surface area contributed by atoms with E-state index < -0.39 is 18.5 Å². The van der Waals surface area contributed by atoms with Crippen molar-refractivity contribution >= 4 is 29.0 Å². The molecule has 3 rings (SSSR count). The van der Waals surface area contributed by atoms with E-state index in [0.717, 1.165) is 31.0 Å². The fourth-order valence-electron chi connectivity index (χ4n) is 3.60. The maximum absolute atomic E-state index is 12.7. The average molecular weight is 495 g/mol. The summed E-state index contributed by atoms with van der Waals surface area (Å²) >= 11 is 1.54. The van der Waals surface area contributed by atoms with Crippen LogP contribution in [0.1, 0.15) is 36.2 Å². The Morgan fingerprint density at radius 2 is 1.97 bits per heavy atom. The number of anilines is 1. The van der Waals surface area contributed by atoms with Gasteiger partial charge in [-0.2, -0.15) is 18.3 Å². The van der Waals surface area contributed by atoms with Gasteiger partial charge in [0.2, 0.25) is 5.91 Å². The highest BCUT2D eigenvalue weighted by Gasteiger charge is 2.26. The van der Waals surface area contributed by atoms with Gasteiger partial charge >= 0.3 is 6.18 Å². The van der Waals surface area contributed by atoms with Crippen molar-refractivity contribution in [1.82, 2.24) is 19.5 Å². The van der Waals surface area contributed by atoms with E-state index >= 15 is 0 Å². The molecule has 0 saturated heterocycles. The standard InChI is InChI=1S/C23H29F3N6OS/c1-4-31(5-2)10-11-34-20-13-18(28-9-8-23(24,25)26)22-29-14-19(32(22)30-20)16-6-7-17(21(27)33)15(3)12-16/h6-7,12-14,28H,4-5,8-11H2,1-3H3,(H2,27,33). The molecule has 1 aromatic carbocycles. The van der Waals surface area contributed by atoms with Crippen molar-refractivity contribution in [3.05, 3.63) is 41.6 Å². The molecule has 0 atom stereocenters. The van der Waals surface area contributed by atoms with E-state index in [1.807, 2.05) is 6.07 Å². The van der Waals surface area contributed by atoms with Gasteiger partial charge in [-0.15, -0.1) is 11.8 Å². The second kappa shape index (κ2) is 11.1. The molecule has 1 amide bonds. The third kappa shape index (κ3) is 6.41. The molecule has 0 spiro atoms. The number of carbonyl (C=O) groups is 1. The summed E-state index contributed by atoms with van der Waals surface area (Å²) in [6, 6.07) is 6.98. The molecule has 2 heterocycles. The minimum atomic E-state index is -4.25. The molecule has 34 heavy (non-hydrogen) atoms. The molecular weight excluding hydrogens is 465 g/mol. The number of hydrogen-bond donors (Lipinski definition) is 2. The minimum Gasteiger partial charge on any atom is -0.382 e. The van der Waals surface area contributed by atoms with Gasteiger partial charge in [0.25, 0.3) is 0 Å². The third-order valence-electron chi connectivity index (χ3n) is 5.51. The van der Waals surface area contributed by atoms with Gasteiger partial charge in [0.05, 0.1) is 24.0 Å². The number of amides is 1. The number of imidazole rings is 1. The lowest BCUT2D eigenvalue weighted by Gasteiger charge is -2.17. The third-order valence-corrected chi connectivity index (χ3v) is 6.39. The summed E-state index contributed by atoms with van der Waals surface area (Å²) in [6.07, 6.45) is -3.58. The van der Waals surface area contributed by atoms with Crippen molar-refractivity contribution in [2.45, 2.75) is 38.4 Å². The van der Waals surface area contributed by atoms with Gasteiger partial charge in [0, 0.05) is 30.0 Å². The van der Waals surface area contributed by atoms with Crippen molar-refractivity contribution < 1.29 is 18.0 Å². The summed E-state index contributed by atoms with van der Waals surface area (Å²) in [5.74, 6) is 0.280. The molecule has 0 radical (unpaired) electrons. The first-order chi connectivity index (χ1) is 16.1. The van der Waals surface area contributed by atoms with Crippen LogP contribution in [0.25, 0.3) is 16.9 Å². The molecule has 0 saturated carbocycles. The molecule has 0 aliphatic carbocycles. The molecule has 3 N–H and O–H groups in total. The molecule has 11 heteroatoms. The highest BCUT2D eigenvalue weighted by Crippen LogP contribution is 2.29. The molecule has 184 valence electrons. The number of aryl methyl sites for hydroxylation is 1. The summed E-state index contributed by atoms with van der Waals surface area (Å²) in [5, 5.41) is 8.27. The molecule has 2 aromatic heterocycles. The van der Waals surface area contributed by atoms with Gasteiger partial charge < -0.3 is 16.0 Å². The van der Waals surface area contributed by atoms with E-state index in [1.54, 1.807) is 35.8 Å². The number of fused-ring (bicyclic) bond motifs is 1. The Kier molecular flexibility index (Phi) is 8.42. The smallest absolute Gasteiger partial charge is 0.382 e. The zero-order chi connectivity index (χ0) is 24.9. The van der Waals surface area contributed by atoms with E-state index in [0.29, 0.717) is 33.2 Å². The molecule has 0 fully saturated rings. The van der Waals surface area contributed by atoms with Crippen LogP contribution in [0, 0.1) is 6.92 Å². The number of nitrogens with zero attached hydrogens (tertiary/aromatic N) is 4. The highest BCUT2D eigenvalue weighted by atomic mass is 32.2. The van der Waals surface area contributed by atoms with Crippen molar-refractivity contribution in [3.8, 4) is 11.3 Å². The Morgan fingerprint density at radius 1 is 1.24 bits per heavy atom. The first kappa shape index (κ1) is 25.8. The number of nitrogens with two attached hydrogens (primary N) is 1. The number of hydrogen-bond acceptors (Lipinski definition) is 6. The van der Waals surface area contributed by atoms with Gasteiger partial charge in [0.1, 0.15) is 5.03 Å². The number of alkyl halides is 3. The molecular formula is C23H29F3N6OS. The average Bonchev–Trinajstić information content (AvgIpc) is 3.19. The summed E-state index contributed by atoms with van der Waals surface area (Å²) in [7, 11) is 0. The summed E-state index contributed by atoms with van der Waals surface area (Å²) in [6.45, 7) is 8.49. The van der Waals surface area contributed by atoms with Crippen molar-refractivity contribution in [2.24, 2.45) is 5.73 Å². The SMILES string of the molecule is CCN(CC)CCSc1cc(NCCC(F)(F)F)c2ncc(-c3ccc(C(N)=O)c(C)c3)n2n1. The number of rotatable bonds is 11. The molecule has 0 aliphatic heterocycles. The van der Waals surface area contributed by atoms with Crippen LogP contribution in [-0.2, 0) is 0 Å². The number of primary amides is 1. The lowest BCUT2D eigenvalue weighted by Crippen LogP contribution is -2.25. The van der Waals surface area contributed by atoms with E-state index in [9.17, 15) is 18.0 Å². The normalized spacial score (nSPS) is 12.0. The van der Waals surface area contributed by atoms with E-state index in [2.05, 4.69) is 29.0 Å². The monoisotopic (exact) mass is 494 g/mol. The molecule has 0 aliphatic rings. The Labute approximate surface area is 200 Å². The Balaban J connectivity index is 1.96. The molecule has 0 bridgehead atoms. The summed E-state index contributed by atoms with van der Waals surface area (Å²) in [4.78, 5) is 18.3. The molecule has 0 unspecified atom stereocenters. The Morgan fingerprint density at radius 3 is 2.59 bits per heavy atom. The van der Waals surface area contributed by atoms with E-state index in [1.165, 1.54) is 11.8 Å². The van der Waals surface area contributed by atoms with Crippen molar-refractivity contribution in [1.29, 1.82) is 0 Å². The largest absolute Gasteiger partial charge is 0.390 e. The van der Waals surface area contributed by atoms with E-state index in [-0.39, 0.29) is 6.54 Å². The number of nitrogens with one attached hydrogen (secondary N) is 1. The first-order valence-corrected chi connectivity index (χ1v) is 12.1. The van der Waals surface area contributed by atoms with Crippen molar-refractivity contribution in [2.75, 3.05) is 37.2 Å². The van der Waals surface area contributed by atoms with Crippen LogP contribution < -0.4 is 11.1 Å². The zero-order valence-electron chi connectivity index (χ0n) is 19.4. The van der Waals surface area contributed by atoms with Crippen LogP contribution >= 0.6 is 11.8 Å². The van der Waals surface area contributed by atoms with Crippen LogP contribution in [0.3, 0.4) is 0 Å². The fraction of sp³-hybridized carbons (Fsp3) is 0.435. The molecule has 7 nitrogen and oxygen atoms in total. The number of benzene rings is 1. The van der Waals surface area contributed by atoms with Crippen LogP contribution in [0.2, 0.25) is 0 Å². The molecule has 3 aromatic rings. The minimum absolute atomic E-state index is 0.263. The maximum Gasteiger partial charge on any atom is 0.390 e. The van der Waals surface area contributed by atoms with Crippen molar-refractivity contribution in [3.63, 3.8) is 0 Å². The van der Waals surface area contributed by atoms with Crippen LogP contribution in [0.15, 0.2) is 35.5 Å². The summed E-state index contributed by atoms with van der Waals surface area (Å²) < 4.78 is 39.7. The number of thioether (sulfide) groups is 1. The van der Waals surface area contributed by atoms with E-state index in [4.69, 9.17) is 10.8 Å². The van der Waals surface area contributed by atoms with Gasteiger partial charge in [-0.05, 0) is 43.8 Å². The second-order valence-electron chi connectivity index (χ2n) is 7.84. The first-order valence-electron chi connectivity index (χ1n) is 11.1. The quantitative estimate of drug-likeness (QED) is 0.379. The number of halogens is 3. The van der Waals surface area contributed by atoms with Crippen LogP contribution in [0.5, 0.6) is 0 Å². The maximum atomic E-state index is 12.7. The Bertz CT molecular complexity index is 1140. The van der Waals surface area contributed by atoms with Gasteiger partial charge in [-0.25, -0.2) is 9.50 Å². The second-order valence-corrected chi connectivity index (χ2v) is 8.95. The topological polar surface area (TPSA) is 88.5 Å². The predicted octanol–water partition coefficient (Wildman–Crippen LogP) is 4.60. The van der Waals surface area contributed by atoms with Crippen LogP contribution in [-0.4, -0.2) is 63.5 Å². The Hall–Kier alpha value is -2.79.